The first-order valence-corrected chi connectivity index (χ1v) is 5.78. The summed E-state index contributed by atoms with van der Waals surface area (Å²) in [7, 11) is 0. The number of hydrogen-bond acceptors (Lipinski definition) is 2. The van der Waals surface area contributed by atoms with Crippen molar-refractivity contribution in [1.29, 1.82) is 0 Å². The van der Waals surface area contributed by atoms with Crippen molar-refractivity contribution in [3.63, 3.8) is 0 Å². The van der Waals surface area contributed by atoms with Crippen molar-refractivity contribution >= 4 is 5.91 Å². The van der Waals surface area contributed by atoms with E-state index >= 15 is 0 Å². The van der Waals surface area contributed by atoms with Gasteiger partial charge in [-0.3, -0.25) is 4.79 Å². The number of rotatable bonds is 2. The molecule has 0 bridgehead atoms. The summed E-state index contributed by atoms with van der Waals surface area (Å²) in [6.07, 6.45) is 7.85. The van der Waals surface area contributed by atoms with Crippen LogP contribution in [0.1, 0.15) is 44.9 Å². The Kier molecular flexibility index (Phi) is 3.40. The molecule has 1 unspecified atom stereocenters. The summed E-state index contributed by atoms with van der Waals surface area (Å²) in [6, 6.07) is 0. The molecular formula is C11H19NO2. The molecule has 1 aliphatic carbocycles. The molecular weight excluding hydrogens is 178 g/mol. The maximum absolute atomic E-state index is 11.7. The lowest BCUT2D eigenvalue weighted by Crippen LogP contribution is -2.41. The lowest BCUT2D eigenvalue weighted by atomic mass is 10.1. The first kappa shape index (κ1) is 9.97. The molecule has 0 spiro atoms. The monoisotopic (exact) mass is 197 g/mol. The number of ether oxygens (including phenoxy) is 1. The van der Waals surface area contributed by atoms with E-state index in [0.29, 0.717) is 0 Å². The summed E-state index contributed by atoms with van der Waals surface area (Å²) >= 11 is 0. The Morgan fingerprint density at radius 3 is 2.43 bits per heavy atom. The van der Waals surface area contributed by atoms with Gasteiger partial charge in [0.15, 0.2) is 0 Å². The van der Waals surface area contributed by atoms with Crippen molar-refractivity contribution < 1.29 is 9.53 Å². The average Bonchev–Trinajstić information content (AvgIpc) is 2.72. The molecule has 1 heterocycles. The Bertz CT molecular complexity index is 193. The third-order valence-electron chi connectivity index (χ3n) is 3.21. The van der Waals surface area contributed by atoms with E-state index in [-0.39, 0.29) is 18.1 Å². The number of amides is 1. The van der Waals surface area contributed by atoms with E-state index in [4.69, 9.17) is 4.74 Å². The smallest absolute Gasteiger partial charge is 0.225 e. The Balaban J connectivity index is 1.75. The summed E-state index contributed by atoms with van der Waals surface area (Å²) in [5.41, 5.74) is 0. The molecule has 0 radical (unpaired) electrons. The van der Waals surface area contributed by atoms with Crippen LogP contribution >= 0.6 is 0 Å². The van der Waals surface area contributed by atoms with Crippen molar-refractivity contribution in [2.45, 2.75) is 51.2 Å². The summed E-state index contributed by atoms with van der Waals surface area (Å²) < 4.78 is 5.48. The standard InChI is InChI=1S/C11H19NO2/c13-11(9-5-1-2-6-9)12-10-7-3-4-8-14-10/h9-10H,1-8H2,(H,12,13). The summed E-state index contributed by atoms with van der Waals surface area (Å²) in [6.45, 7) is 0.801. The van der Waals surface area contributed by atoms with Gasteiger partial charge in [0.2, 0.25) is 5.91 Å². The van der Waals surface area contributed by atoms with Crippen LogP contribution in [-0.2, 0) is 9.53 Å². The molecule has 1 saturated heterocycles. The van der Waals surface area contributed by atoms with Gasteiger partial charge in [0.1, 0.15) is 6.23 Å². The Morgan fingerprint density at radius 2 is 1.79 bits per heavy atom. The fourth-order valence-electron chi connectivity index (χ4n) is 2.32. The second-order valence-electron chi connectivity index (χ2n) is 4.35. The van der Waals surface area contributed by atoms with E-state index < -0.39 is 0 Å². The molecule has 3 heteroatoms. The van der Waals surface area contributed by atoms with E-state index in [0.717, 1.165) is 32.3 Å². The molecule has 2 rings (SSSR count). The van der Waals surface area contributed by atoms with Crippen molar-refractivity contribution in [2.75, 3.05) is 6.61 Å². The fraction of sp³-hybridized carbons (Fsp3) is 0.909. The van der Waals surface area contributed by atoms with E-state index in [2.05, 4.69) is 5.32 Å². The van der Waals surface area contributed by atoms with Crippen LogP contribution in [0.4, 0.5) is 0 Å². The van der Waals surface area contributed by atoms with Crippen LogP contribution in [0.15, 0.2) is 0 Å². The van der Waals surface area contributed by atoms with Crippen molar-refractivity contribution in [3.05, 3.63) is 0 Å². The van der Waals surface area contributed by atoms with Crippen LogP contribution < -0.4 is 5.32 Å². The van der Waals surface area contributed by atoms with Gasteiger partial charge in [-0.05, 0) is 32.1 Å². The summed E-state index contributed by atoms with van der Waals surface area (Å²) in [5.74, 6) is 0.481. The van der Waals surface area contributed by atoms with Gasteiger partial charge in [-0.15, -0.1) is 0 Å². The number of carbonyl (C=O) groups excluding carboxylic acids is 1. The minimum atomic E-state index is -0.00292. The number of hydrogen-bond donors (Lipinski definition) is 1. The van der Waals surface area contributed by atoms with Crippen LogP contribution in [0.2, 0.25) is 0 Å². The van der Waals surface area contributed by atoms with Gasteiger partial charge < -0.3 is 10.1 Å². The van der Waals surface area contributed by atoms with Gasteiger partial charge in [-0.25, -0.2) is 0 Å². The molecule has 2 fully saturated rings. The normalized spacial score (nSPS) is 29.0. The Hall–Kier alpha value is -0.570. The molecule has 3 nitrogen and oxygen atoms in total. The van der Waals surface area contributed by atoms with E-state index in [9.17, 15) is 4.79 Å². The zero-order valence-corrected chi connectivity index (χ0v) is 8.63. The van der Waals surface area contributed by atoms with E-state index in [1.54, 1.807) is 0 Å². The molecule has 2 aliphatic rings. The van der Waals surface area contributed by atoms with Gasteiger partial charge in [0.05, 0.1) is 0 Å². The molecule has 1 atom stereocenters. The molecule has 1 amide bonds. The van der Waals surface area contributed by atoms with Gasteiger partial charge >= 0.3 is 0 Å². The molecule has 1 saturated carbocycles. The average molecular weight is 197 g/mol. The lowest BCUT2D eigenvalue weighted by molar-refractivity contribution is -0.130. The van der Waals surface area contributed by atoms with Gasteiger partial charge in [0, 0.05) is 12.5 Å². The molecule has 0 aromatic heterocycles. The topological polar surface area (TPSA) is 38.3 Å². The van der Waals surface area contributed by atoms with Crippen LogP contribution in [-0.4, -0.2) is 18.7 Å². The fourth-order valence-corrected chi connectivity index (χ4v) is 2.32. The van der Waals surface area contributed by atoms with Crippen molar-refractivity contribution in [2.24, 2.45) is 5.92 Å². The molecule has 0 aromatic rings. The maximum atomic E-state index is 11.7. The predicted octanol–water partition coefficient (Wildman–Crippen LogP) is 1.82. The maximum Gasteiger partial charge on any atom is 0.225 e. The van der Waals surface area contributed by atoms with Crippen molar-refractivity contribution in [3.8, 4) is 0 Å². The zero-order chi connectivity index (χ0) is 9.80. The third kappa shape index (κ3) is 2.47. The van der Waals surface area contributed by atoms with E-state index in [1.165, 1.54) is 19.3 Å². The Labute approximate surface area is 85.2 Å². The van der Waals surface area contributed by atoms with E-state index in [1.807, 2.05) is 0 Å². The number of carbonyl (C=O) groups is 1. The Morgan fingerprint density at radius 1 is 1.07 bits per heavy atom. The number of nitrogens with one attached hydrogen (secondary N) is 1. The van der Waals surface area contributed by atoms with Crippen LogP contribution in [0.25, 0.3) is 0 Å². The second kappa shape index (κ2) is 4.78. The minimum absolute atomic E-state index is 0.00292. The third-order valence-corrected chi connectivity index (χ3v) is 3.21. The lowest BCUT2D eigenvalue weighted by Gasteiger charge is -2.24. The first-order chi connectivity index (χ1) is 6.86. The van der Waals surface area contributed by atoms with Crippen molar-refractivity contribution in [1.82, 2.24) is 5.32 Å². The van der Waals surface area contributed by atoms with Gasteiger partial charge in [-0.2, -0.15) is 0 Å². The first-order valence-electron chi connectivity index (χ1n) is 5.78. The highest BCUT2D eigenvalue weighted by Gasteiger charge is 2.25. The highest BCUT2D eigenvalue weighted by Crippen LogP contribution is 2.25. The SMILES string of the molecule is O=C(NC1CCCCO1)C1CCCC1. The highest BCUT2D eigenvalue weighted by molar-refractivity contribution is 5.79. The van der Waals surface area contributed by atoms with Crippen LogP contribution in [0, 0.1) is 5.92 Å². The summed E-state index contributed by atoms with van der Waals surface area (Å²) in [4.78, 5) is 11.7. The largest absolute Gasteiger partial charge is 0.359 e. The highest BCUT2D eigenvalue weighted by atomic mass is 16.5. The molecule has 80 valence electrons. The van der Waals surface area contributed by atoms with Crippen LogP contribution in [0.5, 0.6) is 0 Å². The minimum Gasteiger partial charge on any atom is -0.359 e. The zero-order valence-electron chi connectivity index (χ0n) is 8.63. The summed E-state index contributed by atoms with van der Waals surface area (Å²) in [5, 5.41) is 3.00. The van der Waals surface area contributed by atoms with Gasteiger partial charge in [-0.1, -0.05) is 12.8 Å². The molecule has 0 aromatic carbocycles. The molecule has 1 N–H and O–H groups in total. The molecule has 14 heavy (non-hydrogen) atoms. The quantitative estimate of drug-likeness (QED) is 0.733. The van der Waals surface area contributed by atoms with Crippen LogP contribution in [0.3, 0.4) is 0 Å². The molecule has 1 aliphatic heterocycles. The van der Waals surface area contributed by atoms with Gasteiger partial charge in [0.25, 0.3) is 0 Å². The second-order valence-corrected chi connectivity index (χ2v) is 4.35. The predicted molar refractivity (Wildman–Crippen MR) is 53.7 cm³/mol.